The third-order valence-corrected chi connectivity index (χ3v) is 6.04. The predicted octanol–water partition coefficient (Wildman–Crippen LogP) is 2.31. The van der Waals surface area contributed by atoms with Crippen LogP contribution in [0.15, 0.2) is 5.16 Å². The molecule has 0 spiro atoms. The summed E-state index contributed by atoms with van der Waals surface area (Å²) >= 11 is 1.38. The topological polar surface area (TPSA) is 96.1 Å². The van der Waals surface area contributed by atoms with Crippen molar-refractivity contribution in [2.24, 2.45) is 11.8 Å². The molecular weight excluding hydrogens is 376 g/mol. The Kier molecular flexibility index (Phi) is 7.72. The van der Waals surface area contributed by atoms with Crippen molar-refractivity contribution in [1.29, 1.82) is 5.26 Å². The fraction of sp³-hybridized carbons (Fsp3) is 0.789. The number of nitriles is 1. The number of ether oxygens (including phenoxy) is 1. The number of carbonyl (C=O) groups excluding carboxylic acids is 1. The molecule has 1 fully saturated rings. The normalized spacial score (nSPS) is 18.0. The molecular formula is C19H32N6O2S. The number of aromatic nitrogens is 3. The molecule has 9 heteroatoms. The number of morpholine rings is 1. The minimum atomic E-state index is -0.892. The van der Waals surface area contributed by atoms with Gasteiger partial charge in [0.1, 0.15) is 5.54 Å². The first-order valence-corrected chi connectivity index (χ1v) is 10.7. The van der Waals surface area contributed by atoms with E-state index in [-0.39, 0.29) is 17.1 Å². The van der Waals surface area contributed by atoms with Crippen LogP contribution >= 0.6 is 11.8 Å². The van der Waals surface area contributed by atoms with Gasteiger partial charge in [-0.2, -0.15) is 5.26 Å². The van der Waals surface area contributed by atoms with Gasteiger partial charge in [-0.15, -0.1) is 10.2 Å². The van der Waals surface area contributed by atoms with Crippen molar-refractivity contribution in [1.82, 2.24) is 20.1 Å². The van der Waals surface area contributed by atoms with E-state index in [1.807, 2.05) is 20.8 Å². The van der Waals surface area contributed by atoms with Crippen molar-refractivity contribution >= 4 is 23.6 Å². The van der Waals surface area contributed by atoms with Crippen molar-refractivity contribution in [3.8, 4) is 6.07 Å². The maximum atomic E-state index is 12.7. The minimum Gasteiger partial charge on any atom is -0.378 e. The van der Waals surface area contributed by atoms with Crippen LogP contribution in [-0.2, 0) is 16.1 Å². The second-order valence-corrected chi connectivity index (χ2v) is 9.41. The van der Waals surface area contributed by atoms with Gasteiger partial charge in [0.25, 0.3) is 0 Å². The van der Waals surface area contributed by atoms with E-state index >= 15 is 0 Å². The quantitative estimate of drug-likeness (QED) is 0.659. The van der Waals surface area contributed by atoms with Gasteiger partial charge in [-0.25, -0.2) is 0 Å². The number of rotatable bonds is 8. The van der Waals surface area contributed by atoms with Crippen LogP contribution in [0.3, 0.4) is 0 Å². The van der Waals surface area contributed by atoms with E-state index in [1.165, 1.54) is 11.8 Å². The summed E-state index contributed by atoms with van der Waals surface area (Å²) in [6.45, 7) is 15.4. The Balaban J connectivity index is 2.17. The summed E-state index contributed by atoms with van der Waals surface area (Å²) < 4.78 is 7.53. The highest BCUT2D eigenvalue weighted by Crippen LogP contribution is 2.28. The molecule has 1 aliphatic heterocycles. The summed E-state index contributed by atoms with van der Waals surface area (Å²) in [6, 6.07) is 2.22. The summed E-state index contributed by atoms with van der Waals surface area (Å²) in [6.07, 6.45) is 0. The van der Waals surface area contributed by atoms with E-state index in [9.17, 15) is 10.1 Å². The highest BCUT2D eigenvalue weighted by molar-refractivity contribution is 8.00. The van der Waals surface area contributed by atoms with Crippen LogP contribution in [0, 0.1) is 23.2 Å². The molecule has 8 nitrogen and oxygen atoms in total. The maximum absolute atomic E-state index is 12.7. The third kappa shape index (κ3) is 5.39. The second-order valence-electron chi connectivity index (χ2n) is 8.10. The van der Waals surface area contributed by atoms with E-state index < -0.39 is 5.54 Å². The molecule has 0 unspecified atom stereocenters. The molecule has 1 N–H and O–H groups in total. The number of nitrogens with one attached hydrogen (secondary N) is 1. The van der Waals surface area contributed by atoms with Crippen LogP contribution in [0.25, 0.3) is 0 Å². The average Bonchev–Trinajstić information content (AvgIpc) is 3.03. The molecule has 156 valence electrons. The number of hydrogen-bond acceptors (Lipinski definition) is 7. The van der Waals surface area contributed by atoms with Crippen molar-refractivity contribution < 1.29 is 9.53 Å². The first kappa shape index (κ1) is 22.5. The molecule has 1 aromatic heterocycles. The fourth-order valence-corrected chi connectivity index (χ4v) is 3.61. The fourth-order valence-electron chi connectivity index (χ4n) is 2.76. The lowest BCUT2D eigenvalue weighted by molar-refractivity contribution is -0.121. The zero-order valence-electron chi connectivity index (χ0n) is 17.7. The van der Waals surface area contributed by atoms with Gasteiger partial charge in [0.15, 0.2) is 5.16 Å². The largest absolute Gasteiger partial charge is 0.378 e. The predicted molar refractivity (Wildman–Crippen MR) is 110 cm³/mol. The number of thioether (sulfide) groups is 1. The number of anilines is 1. The summed E-state index contributed by atoms with van der Waals surface area (Å²) in [5.74, 6) is 1.09. The Labute approximate surface area is 172 Å². The van der Waals surface area contributed by atoms with Crippen LogP contribution in [0.4, 0.5) is 5.95 Å². The summed E-state index contributed by atoms with van der Waals surface area (Å²) in [5.41, 5.74) is -0.892. The van der Waals surface area contributed by atoms with Crippen LogP contribution in [-0.4, -0.2) is 57.8 Å². The van der Waals surface area contributed by atoms with Crippen LogP contribution in [0.5, 0.6) is 0 Å². The lowest BCUT2D eigenvalue weighted by atomic mass is 9.90. The molecule has 0 aliphatic carbocycles. The molecule has 0 aromatic carbocycles. The van der Waals surface area contributed by atoms with Crippen LogP contribution in [0.2, 0.25) is 0 Å². The molecule has 2 atom stereocenters. The standard InChI is InChI=1S/C19H32N6O2S/c1-13(2)11-25-17(24-7-9-27-10-8-24)22-23-18(25)28-15(5)16(26)21-19(6,12-20)14(3)4/h13-15H,7-11H2,1-6H3,(H,21,26)/t15-,19-/m0/s1. The van der Waals surface area contributed by atoms with E-state index in [2.05, 4.69) is 44.9 Å². The lowest BCUT2D eigenvalue weighted by Gasteiger charge is -2.29. The first-order valence-electron chi connectivity index (χ1n) is 9.83. The van der Waals surface area contributed by atoms with Crippen LogP contribution in [0.1, 0.15) is 41.5 Å². The lowest BCUT2D eigenvalue weighted by Crippen LogP contribution is -2.51. The Bertz CT molecular complexity index is 708. The molecule has 0 bridgehead atoms. The SMILES string of the molecule is CC(C)Cn1c(S[C@@H](C)C(=O)N[C@@](C)(C#N)C(C)C)nnc1N1CCOCC1. The van der Waals surface area contributed by atoms with E-state index in [0.29, 0.717) is 19.1 Å². The molecule has 0 radical (unpaired) electrons. The van der Waals surface area contributed by atoms with Crippen molar-refractivity contribution in [2.45, 2.75) is 64.0 Å². The zero-order valence-corrected chi connectivity index (χ0v) is 18.5. The summed E-state index contributed by atoms with van der Waals surface area (Å²) in [7, 11) is 0. The number of amides is 1. The van der Waals surface area contributed by atoms with Gasteiger partial charge >= 0.3 is 0 Å². The summed E-state index contributed by atoms with van der Waals surface area (Å²) in [4.78, 5) is 14.9. The molecule has 2 heterocycles. The van der Waals surface area contributed by atoms with Gasteiger partial charge in [0, 0.05) is 19.6 Å². The monoisotopic (exact) mass is 408 g/mol. The molecule has 1 aromatic rings. The number of hydrogen-bond donors (Lipinski definition) is 1. The van der Waals surface area contributed by atoms with E-state index in [4.69, 9.17) is 4.74 Å². The molecule has 0 saturated carbocycles. The molecule has 1 saturated heterocycles. The summed E-state index contributed by atoms with van der Waals surface area (Å²) in [5, 5.41) is 21.4. The van der Waals surface area contributed by atoms with Crippen LogP contribution < -0.4 is 10.2 Å². The first-order chi connectivity index (χ1) is 13.2. The third-order valence-electron chi connectivity index (χ3n) is 4.96. The van der Waals surface area contributed by atoms with Crippen molar-refractivity contribution in [3.05, 3.63) is 0 Å². The Morgan fingerprint density at radius 2 is 1.93 bits per heavy atom. The van der Waals surface area contributed by atoms with E-state index in [0.717, 1.165) is 30.7 Å². The zero-order chi connectivity index (χ0) is 20.9. The Morgan fingerprint density at radius 1 is 1.29 bits per heavy atom. The van der Waals surface area contributed by atoms with Gasteiger partial charge in [-0.05, 0) is 25.7 Å². The molecule has 2 rings (SSSR count). The second kappa shape index (κ2) is 9.61. The molecule has 1 aliphatic rings. The van der Waals surface area contributed by atoms with Gasteiger partial charge in [-0.1, -0.05) is 39.5 Å². The Hall–Kier alpha value is -1.79. The maximum Gasteiger partial charge on any atom is 0.234 e. The Morgan fingerprint density at radius 3 is 2.46 bits per heavy atom. The smallest absolute Gasteiger partial charge is 0.234 e. The highest BCUT2D eigenvalue weighted by atomic mass is 32.2. The number of nitrogens with zero attached hydrogens (tertiary/aromatic N) is 5. The van der Waals surface area contributed by atoms with Gasteiger partial charge in [0.2, 0.25) is 11.9 Å². The van der Waals surface area contributed by atoms with Gasteiger partial charge in [0.05, 0.1) is 24.5 Å². The average molecular weight is 409 g/mol. The van der Waals surface area contributed by atoms with Gasteiger partial charge < -0.3 is 15.0 Å². The minimum absolute atomic E-state index is 0.0103. The molecule has 28 heavy (non-hydrogen) atoms. The van der Waals surface area contributed by atoms with Crippen molar-refractivity contribution in [2.75, 3.05) is 31.2 Å². The van der Waals surface area contributed by atoms with Crippen molar-refractivity contribution in [3.63, 3.8) is 0 Å². The molecule has 1 amide bonds. The number of carbonyl (C=O) groups is 1. The van der Waals surface area contributed by atoms with Gasteiger partial charge in [-0.3, -0.25) is 9.36 Å². The highest BCUT2D eigenvalue weighted by Gasteiger charge is 2.32. The van der Waals surface area contributed by atoms with E-state index in [1.54, 1.807) is 6.92 Å².